The van der Waals surface area contributed by atoms with Crippen LogP contribution in [0.1, 0.15) is 24.2 Å². The predicted octanol–water partition coefficient (Wildman–Crippen LogP) is 3.44. The van der Waals surface area contributed by atoms with Crippen molar-refractivity contribution >= 4 is 22.1 Å². The third kappa shape index (κ3) is 2.81. The maximum absolute atomic E-state index is 11.1. The molecule has 0 aliphatic heterocycles. The Morgan fingerprint density at radius 2 is 2.00 bits per heavy atom. The highest BCUT2D eigenvalue weighted by molar-refractivity contribution is 7.07. The minimum Gasteiger partial charge on any atom is -0.315 e. The third-order valence-electron chi connectivity index (χ3n) is 3.44. The Bertz CT molecular complexity index is 775. The molecule has 0 saturated heterocycles. The van der Waals surface area contributed by atoms with Gasteiger partial charge in [0.25, 0.3) is 0 Å². The minimum absolute atomic E-state index is 0.000146. The summed E-state index contributed by atoms with van der Waals surface area (Å²) in [5, 5.41) is 7.80. The first-order chi connectivity index (χ1) is 9.72. The molecule has 1 heterocycles. The van der Waals surface area contributed by atoms with Gasteiger partial charge >= 0.3 is 4.87 Å². The number of benzene rings is 2. The van der Waals surface area contributed by atoms with E-state index in [1.165, 1.54) is 27.7 Å². The maximum atomic E-state index is 11.1. The summed E-state index contributed by atoms with van der Waals surface area (Å²) in [7, 11) is 0. The first kappa shape index (κ1) is 13.1. The second-order valence-corrected chi connectivity index (χ2v) is 5.72. The van der Waals surface area contributed by atoms with E-state index in [0.717, 1.165) is 5.69 Å². The van der Waals surface area contributed by atoms with E-state index in [4.69, 9.17) is 0 Å². The van der Waals surface area contributed by atoms with E-state index < -0.39 is 0 Å². The smallest absolute Gasteiger partial charge is 0.304 e. The Labute approximate surface area is 121 Å². The quantitative estimate of drug-likeness (QED) is 0.771. The zero-order chi connectivity index (χ0) is 13.9. The van der Waals surface area contributed by atoms with Gasteiger partial charge in [0, 0.05) is 23.7 Å². The number of aromatic nitrogens is 1. The average Bonchev–Trinajstić information content (AvgIpc) is 2.90. The molecule has 0 amide bonds. The number of nitrogens with one attached hydrogen (secondary N) is 2. The van der Waals surface area contributed by atoms with E-state index in [9.17, 15) is 4.79 Å². The number of aromatic amines is 1. The van der Waals surface area contributed by atoms with E-state index >= 15 is 0 Å². The van der Waals surface area contributed by atoms with E-state index in [1.807, 2.05) is 5.38 Å². The van der Waals surface area contributed by atoms with Gasteiger partial charge in [-0.25, -0.2) is 0 Å². The van der Waals surface area contributed by atoms with Gasteiger partial charge in [-0.2, -0.15) is 0 Å². The molecule has 3 rings (SSSR count). The zero-order valence-corrected chi connectivity index (χ0v) is 12.0. The minimum atomic E-state index is 0.000146. The lowest BCUT2D eigenvalue weighted by atomic mass is 10.0. The van der Waals surface area contributed by atoms with Gasteiger partial charge in [-0.1, -0.05) is 47.7 Å². The van der Waals surface area contributed by atoms with Gasteiger partial charge < -0.3 is 10.3 Å². The molecule has 2 N–H and O–H groups in total. The topological polar surface area (TPSA) is 44.9 Å². The van der Waals surface area contributed by atoms with E-state index in [1.54, 1.807) is 0 Å². The number of fused-ring (bicyclic) bond motifs is 1. The van der Waals surface area contributed by atoms with Gasteiger partial charge in [-0.3, -0.25) is 4.79 Å². The van der Waals surface area contributed by atoms with Crippen molar-refractivity contribution in [2.45, 2.75) is 19.5 Å². The zero-order valence-electron chi connectivity index (χ0n) is 11.2. The number of thiazole rings is 1. The molecule has 102 valence electrons. The van der Waals surface area contributed by atoms with E-state index in [2.05, 4.69) is 59.7 Å². The molecule has 20 heavy (non-hydrogen) atoms. The van der Waals surface area contributed by atoms with Crippen molar-refractivity contribution in [1.29, 1.82) is 0 Å². The van der Waals surface area contributed by atoms with E-state index in [-0.39, 0.29) is 10.9 Å². The van der Waals surface area contributed by atoms with Gasteiger partial charge in [0.15, 0.2) is 0 Å². The van der Waals surface area contributed by atoms with Crippen molar-refractivity contribution in [1.82, 2.24) is 10.3 Å². The molecular weight excluding hydrogens is 268 g/mol. The molecule has 1 unspecified atom stereocenters. The third-order valence-corrected chi connectivity index (χ3v) is 4.16. The lowest BCUT2D eigenvalue weighted by molar-refractivity contribution is 0.569. The van der Waals surface area contributed by atoms with Crippen LogP contribution in [-0.4, -0.2) is 4.98 Å². The molecule has 1 aromatic heterocycles. The van der Waals surface area contributed by atoms with Crippen LogP contribution in [0.3, 0.4) is 0 Å². The SMILES string of the molecule is CC(NCc1csc(=O)[nH]1)c1ccc2ccccc2c1. The molecule has 0 fully saturated rings. The summed E-state index contributed by atoms with van der Waals surface area (Å²) >= 11 is 1.20. The van der Waals surface area contributed by atoms with Crippen molar-refractivity contribution < 1.29 is 0 Å². The fourth-order valence-corrected chi connectivity index (χ4v) is 2.84. The molecule has 0 saturated carbocycles. The Hall–Kier alpha value is -1.91. The number of hydrogen-bond donors (Lipinski definition) is 2. The van der Waals surface area contributed by atoms with Crippen LogP contribution in [0.2, 0.25) is 0 Å². The molecule has 2 aromatic carbocycles. The van der Waals surface area contributed by atoms with Crippen LogP contribution in [0.5, 0.6) is 0 Å². The summed E-state index contributed by atoms with van der Waals surface area (Å²) in [6.07, 6.45) is 0. The first-order valence-corrected chi connectivity index (χ1v) is 7.49. The fraction of sp³-hybridized carbons (Fsp3) is 0.188. The van der Waals surface area contributed by atoms with Gasteiger partial charge in [-0.15, -0.1) is 0 Å². The molecule has 3 nitrogen and oxygen atoms in total. The summed E-state index contributed by atoms with van der Waals surface area (Å²) in [5.74, 6) is 0. The first-order valence-electron chi connectivity index (χ1n) is 6.61. The molecule has 0 aliphatic rings. The maximum Gasteiger partial charge on any atom is 0.304 e. The van der Waals surface area contributed by atoms with Gasteiger partial charge in [0.05, 0.1) is 0 Å². The fourth-order valence-electron chi connectivity index (χ4n) is 2.26. The molecular formula is C16H16N2OS. The number of rotatable bonds is 4. The molecule has 0 aliphatic carbocycles. The summed E-state index contributed by atoms with van der Waals surface area (Å²) < 4.78 is 0. The van der Waals surface area contributed by atoms with Crippen molar-refractivity contribution in [2.24, 2.45) is 0 Å². The Balaban J connectivity index is 1.74. The standard InChI is InChI=1S/C16H16N2OS/c1-11(17-9-15-10-20-16(19)18-15)13-7-6-12-4-2-3-5-14(12)8-13/h2-8,10-11,17H,9H2,1H3,(H,18,19). The Kier molecular flexibility index (Phi) is 3.67. The molecule has 0 bridgehead atoms. The second kappa shape index (κ2) is 5.61. The van der Waals surface area contributed by atoms with Crippen LogP contribution in [0, 0.1) is 0 Å². The van der Waals surface area contributed by atoms with Gasteiger partial charge in [-0.05, 0) is 29.3 Å². The van der Waals surface area contributed by atoms with Crippen molar-refractivity contribution in [3.63, 3.8) is 0 Å². The summed E-state index contributed by atoms with van der Waals surface area (Å²) in [6.45, 7) is 2.81. The highest BCUT2D eigenvalue weighted by atomic mass is 32.1. The second-order valence-electron chi connectivity index (χ2n) is 4.88. The lowest BCUT2D eigenvalue weighted by Gasteiger charge is -2.14. The lowest BCUT2D eigenvalue weighted by Crippen LogP contribution is -2.18. The van der Waals surface area contributed by atoms with Crippen LogP contribution < -0.4 is 10.2 Å². The molecule has 0 radical (unpaired) electrons. The largest absolute Gasteiger partial charge is 0.315 e. The normalized spacial score (nSPS) is 12.7. The van der Waals surface area contributed by atoms with Gasteiger partial charge in [0.1, 0.15) is 0 Å². The number of hydrogen-bond acceptors (Lipinski definition) is 3. The van der Waals surface area contributed by atoms with Crippen LogP contribution in [0.15, 0.2) is 52.6 Å². The van der Waals surface area contributed by atoms with Crippen molar-refractivity contribution in [2.75, 3.05) is 0 Å². The Morgan fingerprint density at radius 1 is 1.20 bits per heavy atom. The average molecular weight is 284 g/mol. The number of H-pyrrole nitrogens is 1. The van der Waals surface area contributed by atoms with E-state index in [0.29, 0.717) is 6.54 Å². The molecule has 0 spiro atoms. The highest BCUT2D eigenvalue weighted by Gasteiger charge is 2.06. The Morgan fingerprint density at radius 3 is 2.75 bits per heavy atom. The van der Waals surface area contributed by atoms with Crippen molar-refractivity contribution in [3.8, 4) is 0 Å². The van der Waals surface area contributed by atoms with Crippen LogP contribution in [0.4, 0.5) is 0 Å². The van der Waals surface area contributed by atoms with Crippen molar-refractivity contribution in [3.05, 3.63) is 68.8 Å². The summed E-state index contributed by atoms with van der Waals surface area (Å²) in [6, 6.07) is 15.1. The molecule has 4 heteroatoms. The predicted molar refractivity (Wildman–Crippen MR) is 84.1 cm³/mol. The van der Waals surface area contributed by atoms with Crippen LogP contribution >= 0.6 is 11.3 Å². The highest BCUT2D eigenvalue weighted by Crippen LogP contribution is 2.20. The van der Waals surface area contributed by atoms with Gasteiger partial charge in [0.2, 0.25) is 0 Å². The monoisotopic (exact) mass is 284 g/mol. The van der Waals surface area contributed by atoms with Crippen LogP contribution in [0.25, 0.3) is 10.8 Å². The van der Waals surface area contributed by atoms with Crippen LogP contribution in [-0.2, 0) is 6.54 Å². The summed E-state index contributed by atoms with van der Waals surface area (Å²) in [4.78, 5) is 13.9. The summed E-state index contributed by atoms with van der Waals surface area (Å²) in [5.41, 5.74) is 2.19. The molecule has 1 atom stereocenters. The molecule has 3 aromatic rings.